The third kappa shape index (κ3) is 3.03. The molecule has 0 bridgehead atoms. The van der Waals surface area contributed by atoms with Crippen LogP contribution in [0.3, 0.4) is 0 Å². The van der Waals surface area contributed by atoms with Crippen LogP contribution in [0.2, 0.25) is 0 Å². The van der Waals surface area contributed by atoms with E-state index in [2.05, 4.69) is 0 Å². The van der Waals surface area contributed by atoms with Crippen molar-refractivity contribution in [1.29, 1.82) is 0 Å². The van der Waals surface area contributed by atoms with Crippen LogP contribution in [0.25, 0.3) is 0 Å². The third-order valence-corrected chi connectivity index (χ3v) is 1.70. The molecule has 0 heterocycles. The van der Waals surface area contributed by atoms with Gasteiger partial charge in [0.05, 0.1) is 6.61 Å². The largest absolute Gasteiger partial charge is 0.493 e. The van der Waals surface area contributed by atoms with Gasteiger partial charge in [0, 0.05) is 13.0 Å². The Bertz CT molecular complexity index is 274. The maximum absolute atomic E-state index is 12.6. The van der Waals surface area contributed by atoms with Gasteiger partial charge in [-0.1, -0.05) is 0 Å². The number of aryl methyl sites for hydroxylation is 1. The molecule has 0 radical (unpaired) electrons. The topological polar surface area (TPSA) is 29.5 Å². The third-order valence-electron chi connectivity index (χ3n) is 1.70. The summed E-state index contributed by atoms with van der Waals surface area (Å²) >= 11 is 0. The highest BCUT2D eigenvalue weighted by atomic mass is 19.1. The van der Waals surface area contributed by atoms with Crippen LogP contribution in [0, 0.1) is 12.7 Å². The zero-order valence-electron chi connectivity index (χ0n) is 7.59. The van der Waals surface area contributed by atoms with E-state index in [0.29, 0.717) is 18.8 Å². The molecular weight excluding hydrogens is 171 g/mol. The van der Waals surface area contributed by atoms with Crippen molar-refractivity contribution in [2.45, 2.75) is 13.3 Å². The molecule has 3 heteroatoms. The summed E-state index contributed by atoms with van der Waals surface area (Å²) in [5.41, 5.74) is 0.776. The van der Waals surface area contributed by atoms with Crippen molar-refractivity contribution in [3.63, 3.8) is 0 Å². The summed E-state index contributed by atoms with van der Waals surface area (Å²) < 4.78 is 17.9. The highest BCUT2D eigenvalue weighted by Gasteiger charge is 1.99. The van der Waals surface area contributed by atoms with Crippen LogP contribution in [-0.4, -0.2) is 18.3 Å². The van der Waals surface area contributed by atoms with Gasteiger partial charge >= 0.3 is 0 Å². The van der Waals surface area contributed by atoms with Crippen molar-refractivity contribution in [3.8, 4) is 5.75 Å². The van der Waals surface area contributed by atoms with E-state index in [-0.39, 0.29) is 12.4 Å². The van der Waals surface area contributed by atoms with Gasteiger partial charge in [0.1, 0.15) is 11.6 Å². The molecule has 0 spiro atoms. The molecular formula is C10H13FO2. The number of hydrogen-bond donors (Lipinski definition) is 1. The van der Waals surface area contributed by atoms with Crippen LogP contribution in [0.4, 0.5) is 4.39 Å². The number of hydrogen-bond acceptors (Lipinski definition) is 2. The summed E-state index contributed by atoms with van der Waals surface area (Å²) in [5.74, 6) is 0.418. The monoisotopic (exact) mass is 184 g/mol. The van der Waals surface area contributed by atoms with E-state index in [1.54, 1.807) is 13.0 Å². The first kappa shape index (κ1) is 9.99. The second-order valence-corrected chi connectivity index (χ2v) is 2.84. The average Bonchev–Trinajstić information content (AvgIpc) is 2.09. The highest BCUT2D eigenvalue weighted by Crippen LogP contribution is 2.18. The Hall–Kier alpha value is -1.09. The normalized spacial score (nSPS) is 10.1. The van der Waals surface area contributed by atoms with E-state index in [0.717, 1.165) is 5.56 Å². The van der Waals surface area contributed by atoms with Gasteiger partial charge in [-0.3, -0.25) is 0 Å². The fraction of sp³-hybridized carbons (Fsp3) is 0.400. The fourth-order valence-electron chi connectivity index (χ4n) is 1.02. The van der Waals surface area contributed by atoms with E-state index < -0.39 is 0 Å². The predicted molar refractivity (Wildman–Crippen MR) is 48.3 cm³/mol. The summed E-state index contributed by atoms with van der Waals surface area (Å²) in [7, 11) is 0. The molecule has 2 nitrogen and oxygen atoms in total. The smallest absolute Gasteiger partial charge is 0.123 e. The lowest BCUT2D eigenvalue weighted by atomic mass is 10.2. The molecule has 0 atom stereocenters. The first-order valence-electron chi connectivity index (χ1n) is 4.24. The molecule has 0 aliphatic carbocycles. The van der Waals surface area contributed by atoms with Gasteiger partial charge in [-0.2, -0.15) is 0 Å². The molecule has 0 amide bonds. The number of benzene rings is 1. The standard InChI is InChI=1S/C10H13FO2/c1-8-7-9(11)3-4-10(8)13-6-2-5-12/h3-4,7,12H,2,5-6H2,1H3. The minimum Gasteiger partial charge on any atom is -0.493 e. The van der Waals surface area contributed by atoms with E-state index >= 15 is 0 Å². The molecule has 1 rings (SSSR count). The van der Waals surface area contributed by atoms with Gasteiger partial charge in [0.2, 0.25) is 0 Å². The van der Waals surface area contributed by atoms with Gasteiger partial charge < -0.3 is 9.84 Å². The Morgan fingerprint density at radius 1 is 1.46 bits per heavy atom. The molecule has 13 heavy (non-hydrogen) atoms. The Morgan fingerprint density at radius 2 is 2.23 bits per heavy atom. The number of halogens is 1. The summed E-state index contributed by atoms with van der Waals surface area (Å²) in [6.45, 7) is 2.36. The van der Waals surface area contributed by atoms with Gasteiger partial charge in [0.15, 0.2) is 0 Å². The van der Waals surface area contributed by atoms with Crippen molar-refractivity contribution in [2.75, 3.05) is 13.2 Å². The Labute approximate surface area is 77.0 Å². The van der Waals surface area contributed by atoms with Crippen molar-refractivity contribution in [1.82, 2.24) is 0 Å². The Morgan fingerprint density at radius 3 is 2.85 bits per heavy atom. The second-order valence-electron chi connectivity index (χ2n) is 2.84. The van der Waals surface area contributed by atoms with E-state index in [9.17, 15) is 4.39 Å². The Kier molecular flexibility index (Phi) is 3.71. The van der Waals surface area contributed by atoms with E-state index in [1.807, 2.05) is 0 Å². The number of rotatable bonds is 4. The van der Waals surface area contributed by atoms with Crippen molar-refractivity contribution in [2.24, 2.45) is 0 Å². The summed E-state index contributed by atoms with van der Waals surface area (Å²) in [4.78, 5) is 0. The van der Waals surface area contributed by atoms with Gasteiger partial charge in [0.25, 0.3) is 0 Å². The first-order valence-corrected chi connectivity index (χ1v) is 4.24. The molecule has 0 aromatic heterocycles. The summed E-state index contributed by atoms with van der Waals surface area (Å²) in [5, 5.41) is 8.52. The predicted octanol–water partition coefficient (Wildman–Crippen LogP) is 1.90. The molecule has 0 aliphatic heterocycles. The van der Waals surface area contributed by atoms with E-state index in [4.69, 9.17) is 9.84 Å². The molecule has 0 unspecified atom stereocenters. The minimum absolute atomic E-state index is 0.111. The zero-order chi connectivity index (χ0) is 9.68. The molecule has 0 aliphatic rings. The maximum Gasteiger partial charge on any atom is 0.123 e. The van der Waals surface area contributed by atoms with Gasteiger partial charge in [-0.25, -0.2) is 4.39 Å². The van der Waals surface area contributed by atoms with Crippen LogP contribution in [0.5, 0.6) is 5.75 Å². The zero-order valence-corrected chi connectivity index (χ0v) is 7.59. The number of aliphatic hydroxyl groups excluding tert-OH is 1. The van der Waals surface area contributed by atoms with Crippen molar-refractivity contribution >= 4 is 0 Å². The minimum atomic E-state index is -0.257. The SMILES string of the molecule is Cc1cc(F)ccc1OCCCO. The number of aliphatic hydroxyl groups is 1. The van der Waals surface area contributed by atoms with Crippen molar-refractivity contribution in [3.05, 3.63) is 29.6 Å². The lowest BCUT2D eigenvalue weighted by molar-refractivity contribution is 0.233. The first-order chi connectivity index (χ1) is 6.24. The second kappa shape index (κ2) is 4.82. The lowest BCUT2D eigenvalue weighted by Crippen LogP contribution is -2.00. The lowest BCUT2D eigenvalue weighted by Gasteiger charge is -2.07. The molecule has 0 saturated carbocycles. The number of ether oxygens (including phenoxy) is 1. The van der Waals surface area contributed by atoms with Gasteiger partial charge in [-0.05, 0) is 30.7 Å². The summed E-state index contributed by atoms with van der Waals surface area (Å²) in [6, 6.07) is 4.39. The molecule has 1 aromatic rings. The fourth-order valence-corrected chi connectivity index (χ4v) is 1.02. The van der Waals surface area contributed by atoms with Gasteiger partial charge in [-0.15, -0.1) is 0 Å². The quantitative estimate of drug-likeness (QED) is 0.724. The van der Waals surface area contributed by atoms with Crippen LogP contribution in [0.1, 0.15) is 12.0 Å². The van der Waals surface area contributed by atoms with Crippen LogP contribution < -0.4 is 4.74 Å². The molecule has 1 aromatic carbocycles. The summed E-state index contributed by atoms with van der Waals surface area (Å²) in [6.07, 6.45) is 0.594. The highest BCUT2D eigenvalue weighted by molar-refractivity contribution is 5.32. The van der Waals surface area contributed by atoms with Crippen molar-refractivity contribution < 1.29 is 14.2 Å². The molecule has 72 valence electrons. The van der Waals surface area contributed by atoms with Crippen LogP contribution >= 0.6 is 0 Å². The van der Waals surface area contributed by atoms with Crippen LogP contribution in [-0.2, 0) is 0 Å². The van der Waals surface area contributed by atoms with E-state index in [1.165, 1.54) is 12.1 Å². The molecule has 0 fully saturated rings. The molecule has 1 N–H and O–H groups in total. The maximum atomic E-state index is 12.6. The van der Waals surface area contributed by atoms with Crippen LogP contribution in [0.15, 0.2) is 18.2 Å². The Balaban J connectivity index is 2.56. The average molecular weight is 184 g/mol. The molecule has 0 saturated heterocycles.